The molecule has 134 valence electrons. The summed E-state index contributed by atoms with van der Waals surface area (Å²) < 4.78 is 0. The largest absolute Gasteiger partial charge is 0.372 e. The van der Waals surface area contributed by atoms with Crippen LogP contribution in [0.15, 0.2) is 24.3 Å². The third kappa shape index (κ3) is 5.71. The zero-order valence-corrected chi connectivity index (χ0v) is 16.2. The number of piperidine rings is 1. The third-order valence-electron chi connectivity index (χ3n) is 4.61. The van der Waals surface area contributed by atoms with Gasteiger partial charge in [0.2, 0.25) is 5.91 Å². The predicted octanol–water partition coefficient (Wildman–Crippen LogP) is 3.13. The normalized spacial score (nSPS) is 16.8. The molecule has 2 N–H and O–H groups in total. The molecule has 5 heteroatoms. The Morgan fingerprint density at radius 3 is 2.46 bits per heavy atom. The van der Waals surface area contributed by atoms with Crippen molar-refractivity contribution in [1.82, 2.24) is 10.2 Å². The molecule has 0 bridgehead atoms. The Hall–Kier alpha value is -1.20. The monoisotopic (exact) mass is 349 g/mol. The maximum atomic E-state index is 12.7. The van der Waals surface area contributed by atoms with E-state index in [4.69, 9.17) is 0 Å². The van der Waals surface area contributed by atoms with Crippen LogP contribution in [0.3, 0.4) is 0 Å². The van der Waals surface area contributed by atoms with E-state index in [0.717, 1.165) is 38.2 Å². The van der Waals surface area contributed by atoms with E-state index in [-0.39, 0.29) is 5.91 Å². The topological polar surface area (TPSA) is 44.4 Å². The van der Waals surface area contributed by atoms with Crippen LogP contribution in [0, 0.1) is 6.92 Å². The molecule has 2 rings (SSSR count). The van der Waals surface area contributed by atoms with Crippen molar-refractivity contribution in [2.75, 3.05) is 37.0 Å². The second kappa shape index (κ2) is 8.77. The average molecular weight is 350 g/mol. The van der Waals surface area contributed by atoms with Crippen LogP contribution < -0.4 is 10.6 Å². The zero-order chi connectivity index (χ0) is 17.6. The van der Waals surface area contributed by atoms with E-state index in [2.05, 4.69) is 40.8 Å². The summed E-state index contributed by atoms with van der Waals surface area (Å²) >= 11 is 1.89. The molecule has 1 aliphatic heterocycles. The zero-order valence-electron chi connectivity index (χ0n) is 15.4. The first-order chi connectivity index (χ1) is 11.4. The third-order valence-corrected chi connectivity index (χ3v) is 5.20. The molecule has 0 spiro atoms. The molecule has 1 aromatic carbocycles. The van der Waals surface area contributed by atoms with Crippen LogP contribution in [-0.2, 0) is 4.79 Å². The maximum Gasteiger partial charge on any atom is 0.245 e. The van der Waals surface area contributed by atoms with E-state index in [1.807, 2.05) is 37.7 Å². The van der Waals surface area contributed by atoms with Crippen LogP contribution >= 0.6 is 11.8 Å². The minimum atomic E-state index is -0.620. The van der Waals surface area contributed by atoms with Crippen molar-refractivity contribution in [2.24, 2.45) is 0 Å². The van der Waals surface area contributed by atoms with Crippen LogP contribution in [0.5, 0.6) is 0 Å². The average Bonchev–Trinajstić information content (AvgIpc) is 2.56. The molecule has 1 saturated heterocycles. The summed E-state index contributed by atoms with van der Waals surface area (Å²) in [5, 5.41) is 6.58. The number of likely N-dealkylation sites (tertiary alicyclic amines) is 1. The first kappa shape index (κ1) is 19.1. The molecule has 24 heavy (non-hydrogen) atoms. The highest BCUT2D eigenvalue weighted by Crippen LogP contribution is 2.18. The van der Waals surface area contributed by atoms with E-state index in [9.17, 15) is 4.79 Å². The van der Waals surface area contributed by atoms with Crippen molar-refractivity contribution in [1.29, 1.82) is 0 Å². The fourth-order valence-electron chi connectivity index (χ4n) is 2.94. The summed E-state index contributed by atoms with van der Waals surface area (Å²) in [7, 11) is 0. The van der Waals surface area contributed by atoms with Crippen molar-refractivity contribution >= 4 is 23.4 Å². The molecular formula is C19H31N3OS. The Balaban J connectivity index is 1.81. The number of nitrogens with zero attached hydrogens (tertiary/aromatic N) is 1. The van der Waals surface area contributed by atoms with E-state index >= 15 is 0 Å². The number of hydrogen-bond donors (Lipinski definition) is 2. The molecule has 1 amide bonds. The van der Waals surface area contributed by atoms with E-state index in [0.29, 0.717) is 6.04 Å². The number of benzene rings is 1. The lowest BCUT2D eigenvalue weighted by atomic mass is 10.00. The number of nitrogens with one attached hydrogen (secondary N) is 2. The lowest BCUT2D eigenvalue weighted by molar-refractivity contribution is -0.125. The first-order valence-electron chi connectivity index (χ1n) is 8.78. The van der Waals surface area contributed by atoms with Gasteiger partial charge in [0.05, 0.1) is 0 Å². The summed E-state index contributed by atoms with van der Waals surface area (Å²) in [6.45, 7) is 9.26. The van der Waals surface area contributed by atoms with E-state index in [1.165, 1.54) is 11.3 Å². The summed E-state index contributed by atoms with van der Waals surface area (Å²) in [5.74, 6) is 1.26. The predicted molar refractivity (Wildman–Crippen MR) is 105 cm³/mol. The first-order valence-corrected chi connectivity index (χ1v) is 10.2. The molecule has 1 aliphatic rings. The second-order valence-electron chi connectivity index (χ2n) is 7.20. The Labute approximate surface area is 150 Å². The van der Waals surface area contributed by atoms with E-state index < -0.39 is 5.54 Å². The highest BCUT2D eigenvalue weighted by molar-refractivity contribution is 7.98. The van der Waals surface area contributed by atoms with Gasteiger partial charge in [-0.3, -0.25) is 4.79 Å². The Morgan fingerprint density at radius 1 is 1.25 bits per heavy atom. The van der Waals surface area contributed by atoms with Crippen molar-refractivity contribution in [3.63, 3.8) is 0 Å². The van der Waals surface area contributed by atoms with Gasteiger partial charge in [-0.25, -0.2) is 0 Å². The summed E-state index contributed by atoms with van der Waals surface area (Å²) in [5.41, 5.74) is 1.58. The molecule has 1 aromatic rings. The van der Waals surface area contributed by atoms with Gasteiger partial charge in [-0.1, -0.05) is 17.7 Å². The maximum absolute atomic E-state index is 12.7. The molecular weight excluding hydrogens is 318 g/mol. The lowest BCUT2D eigenvalue weighted by Crippen LogP contribution is -2.53. The summed E-state index contributed by atoms with van der Waals surface area (Å²) in [4.78, 5) is 15.2. The standard InChI is InChI=1S/C19H31N3OS/c1-15-5-7-17(8-6-15)21-19(2,3)18(23)20-16-9-11-22(12-10-16)13-14-24-4/h5-8,16,21H,9-14H2,1-4H3,(H,20,23). The fraction of sp³-hybridized carbons (Fsp3) is 0.632. The molecule has 1 fully saturated rings. The van der Waals surface area contributed by atoms with Gasteiger partial charge in [-0.2, -0.15) is 11.8 Å². The molecule has 0 saturated carbocycles. The highest BCUT2D eigenvalue weighted by atomic mass is 32.2. The Morgan fingerprint density at radius 2 is 1.88 bits per heavy atom. The number of amides is 1. The molecule has 0 atom stereocenters. The molecule has 0 radical (unpaired) electrons. The Bertz CT molecular complexity index is 522. The molecule has 0 aliphatic carbocycles. The van der Waals surface area contributed by atoms with Gasteiger partial charge in [0, 0.05) is 37.1 Å². The van der Waals surface area contributed by atoms with Crippen LogP contribution in [0.25, 0.3) is 0 Å². The highest BCUT2D eigenvalue weighted by Gasteiger charge is 2.30. The van der Waals surface area contributed by atoms with Crippen molar-refractivity contribution in [3.05, 3.63) is 29.8 Å². The number of thioether (sulfide) groups is 1. The van der Waals surface area contributed by atoms with Gasteiger partial charge in [-0.15, -0.1) is 0 Å². The van der Waals surface area contributed by atoms with Gasteiger partial charge >= 0.3 is 0 Å². The summed E-state index contributed by atoms with van der Waals surface area (Å²) in [6.07, 6.45) is 4.23. The molecule has 1 heterocycles. The quantitative estimate of drug-likeness (QED) is 0.794. The van der Waals surface area contributed by atoms with E-state index in [1.54, 1.807) is 0 Å². The van der Waals surface area contributed by atoms with Crippen LogP contribution in [0.2, 0.25) is 0 Å². The van der Waals surface area contributed by atoms with Gasteiger partial charge in [0.25, 0.3) is 0 Å². The number of carbonyl (C=O) groups excluding carboxylic acids is 1. The fourth-order valence-corrected chi connectivity index (χ4v) is 3.38. The van der Waals surface area contributed by atoms with Crippen LogP contribution in [0.4, 0.5) is 5.69 Å². The van der Waals surface area contributed by atoms with Crippen molar-refractivity contribution < 1.29 is 4.79 Å². The van der Waals surface area contributed by atoms with Gasteiger partial charge in [0.1, 0.15) is 5.54 Å². The molecule has 0 aromatic heterocycles. The lowest BCUT2D eigenvalue weighted by Gasteiger charge is -2.34. The van der Waals surface area contributed by atoms with Gasteiger partial charge in [0.15, 0.2) is 0 Å². The summed E-state index contributed by atoms with van der Waals surface area (Å²) in [6, 6.07) is 8.45. The SMILES string of the molecule is CSCCN1CCC(NC(=O)C(C)(C)Nc2ccc(C)cc2)CC1. The Kier molecular flexibility index (Phi) is 6.99. The van der Waals surface area contributed by atoms with Crippen LogP contribution in [0.1, 0.15) is 32.3 Å². The van der Waals surface area contributed by atoms with Gasteiger partial charge in [-0.05, 0) is 52.0 Å². The molecule has 0 unspecified atom stereocenters. The molecule has 4 nitrogen and oxygen atoms in total. The van der Waals surface area contributed by atoms with Gasteiger partial charge < -0.3 is 15.5 Å². The van der Waals surface area contributed by atoms with Crippen LogP contribution in [-0.4, -0.2) is 54.0 Å². The second-order valence-corrected chi connectivity index (χ2v) is 8.18. The van der Waals surface area contributed by atoms with Crippen molar-refractivity contribution in [2.45, 2.75) is 45.2 Å². The van der Waals surface area contributed by atoms with Crippen molar-refractivity contribution in [3.8, 4) is 0 Å². The number of anilines is 1. The number of hydrogen-bond acceptors (Lipinski definition) is 4. The number of rotatable bonds is 7. The smallest absolute Gasteiger partial charge is 0.245 e. The number of carbonyl (C=O) groups is 1. The minimum Gasteiger partial charge on any atom is -0.372 e. The minimum absolute atomic E-state index is 0.0747. The number of aryl methyl sites for hydroxylation is 1.